The molecule has 1 radical (unpaired) electrons. The van der Waals surface area contributed by atoms with Crippen LogP contribution in [0.3, 0.4) is 0 Å². The summed E-state index contributed by atoms with van der Waals surface area (Å²) in [5.41, 5.74) is 0. The first kappa shape index (κ1) is 13.5. The molecule has 1 amide bonds. The van der Waals surface area contributed by atoms with Gasteiger partial charge in [-0.3, -0.25) is 4.79 Å². The van der Waals surface area contributed by atoms with E-state index in [1.807, 2.05) is 4.90 Å². The number of nitrogens with zero attached hydrogens (tertiary/aromatic N) is 1. The largest absolute Gasteiger partial charge is 0.343 e. The zero-order valence-electron chi connectivity index (χ0n) is 9.72. The third-order valence-corrected chi connectivity index (χ3v) is 2.27. The van der Waals surface area contributed by atoms with Gasteiger partial charge in [0.05, 0.1) is 0 Å². The predicted molar refractivity (Wildman–Crippen MR) is 61.0 cm³/mol. The summed E-state index contributed by atoms with van der Waals surface area (Å²) in [5, 5.41) is 0. The van der Waals surface area contributed by atoms with Crippen molar-refractivity contribution in [2.45, 2.75) is 52.4 Å². The number of hydrogen-bond acceptors (Lipinski definition) is 1. The van der Waals surface area contributed by atoms with Crippen molar-refractivity contribution in [3.63, 3.8) is 0 Å². The zero-order chi connectivity index (χ0) is 10.8. The van der Waals surface area contributed by atoms with Crippen LogP contribution in [0.5, 0.6) is 0 Å². The topological polar surface area (TPSA) is 20.3 Å². The Balaban J connectivity index is 3.84. The van der Waals surface area contributed by atoms with E-state index in [1.54, 1.807) is 0 Å². The van der Waals surface area contributed by atoms with Gasteiger partial charge in [-0.05, 0) is 19.3 Å². The number of amides is 1. The Hall–Kier alpha value is -0.530. The van der Waals surface area contributed by atoms with Crippen LogP contribution in [0, 0.1) is 6.92 Å². The van der Waals surface area contributed by atoms with Crippen molar-refractivity contribution in [3.8, 4) is 0 Å². The fraction of sp³-hybridized carbons (Fsp3) is 0.833. The van der Waals surface area contributed by atoms with Gasteiger partial charge in [-0.25, -0.2) is 0 Å². The maximum absolute atomic E-state index is 11.7. The molecule has 0 fully saturated rings. The van der Waals surface area contributed by atoms with E-state index >= 15 is 0 Å². The fourth-order valence-electron chi connectivity index (χ4n) is 1.41. The van der Waals surface area contributed by atoms with Crippen molar-refractivity contribution in [1.29, 1.82) is 0 Å². The van der Waals surface area contributed by atoms with Crippen LogP contribution < -0.4 is 0 Å². The minimum Gasteiger partial charge on any atom is -0.343 e. The first-order valence-corrected chi connectivity index (χ1v) is 5.83. The van der Waals surface area contributed by atoms with Gasteiger partial charge in [-0.2, -0.15) is 0 Å². The molecule has 0 saturated carbocycles. The van der Waals surface area contributed by atoms with Gasteiger partial charge in [0.25, 0.3) is 0 Å². The summed E-state index contributed by atoms with van der Waals surface area (Å²) in [7, 11) is 0. The minimum absolute atomic E-state index is 0.309. The maximum atomic E-state index is 11.7. The molecule has 14 heavy (non-hydrogen) atoms. The molecule has 2 heteroatoms. The highest BCUT2D eigenvalue weighted by atomic mass is 16.2. The Morgan fingerprint density at radius 2 is 1.86 bits per heavy atom. The molecule has 2 nitrogen and oxygen atoms in total. The average Bonchev–Trinajstić information content (AvgIpc) is 2.20. The molecular weight excluding hydrogens is 174 g/mol. The second-order valence-electron chi connectivity index (χ2n) is 3.69. The van der Waals surface area contributed by atoms with E-state index in [1.165, 1.54) is 0 Å². The summed E-state index contributed by atoms with van der Waals surface area (Å²) in [6, 6.07) is 0. The molecule has 0 atom stereocenters. The van der Waals surface area contributed by atoms with Crippen LogP contribution in [0.4, 0.5) is 0 Å². The predicted octanol–water partition coefficient (Wildman–Crippen LogP) is 3.03. The monoisotopic (exact) mass is 198 g/mol. The molecule has 0 heterocycles. The lowest BCUT2D eigenvalue weighted by Crippen LogP contribution is -2.32. The first-order chi connectivity index (χ1) is 6.76. The Bertz CT molecular complexity index is 145. The van der Waals surface area contributed by atoms with E-state index < -0.39 is 0 Å². The highest BCUT2D eigenvalue weighted by Crippen LogP contribution is 2.03. The van der Waals surface area contributed by atoms with Crippen molar-refractivity contribution in [1.82, 2.24) is 4.90 Å². The molecule has 0 N–H and O–H groups in total. The van der Waals surface area contributed by atoms with Crippen molar-refractivity contribution >= 4 is 5.91 Å². The van der Waals surface area contributed by atoms with Gasteiger partial charge in [0.2, 0.25) is 5.91 Å². The number of carbonyl (C=O) groups is 1. The molecule has 0 aromatic rings. The zero-order valence-corrected chi connectivity index (χ0v) is 9.72. The fourth-order valence-corrected chi connectivity index (χ4v) is 1.41. The lowest BCUT2D eigenvalue weighted by molar-refractivity contribution is -0.131. The normalized spacial score (nSPS) is 10.2. The maximum Gasteiger partial charge on any atom is 0.222 e. The second-order valence-corrected chi connectivity index (χ2v) is 3.69. The summed E-state index contributed by atoms with van der Waals surface area (Å²) in [4.78, 5) is 13.7. The SMILES string of the molecule is [CH2]CCCC(=O)N(CCC)CCCC. The lowest BCUT2D eigenvalue weighted by Gasteiger charge is -2.21. The van der Waals surface area contributed by atoms with Crippen molar-refractivity contribution in [2.75, 3.05) is 13.1 Å². The molecule has 0 aliphatic heterocycles. The van der Waals surface area contributed by atoms with Crippen LogP contribution in [0.2, 0.25) is 0 Å². The van der Waals surface area contributed by atoms with E-state index in [2.05, 4.69) is 20.8 Å². The molecular formula is C12H24NO. The minimum atomic E-state index is 0.309. The molecule has 83 valence electrons. The lowest BCUT2D eigenvalue weighted by atomic mass is 10.2. The van der Waals surface area contributed by atoms with Crippen molar-refractivity contribution < 1.29 is 4.79 Å². The van der Waals surface area contributed by atoms with E-state index in [0.717, 1.165) is 45.2 Å². The molecule has 0 aromatic heterocycles. The van der Waals surface area contributed by atoms with Crippen LogP contribution in [0.1, 0.15) is 52.4 Å². The Morgan fingerprint density at radius 1 is 1.14 bits per heavy atom. The Labute approximate surface area is 88.7 Å². The Kier molecular flexibility index (Phi) is 8.70. The van der Waals surface area contributed by atoms with Gasteiger partial charge in [-0.1, -0.05) is 33.6 Å². The summed E-state index contributed by atoms with van der Waals surface area (Å²) < 4.78 is 0. The quantitative estimate of drug-likeness (QED) is 0.587. The van der Waals surface area contributed by atoms with E-state index in [0.29, 0.717) is 12.3 Å². The third kappa shape index (κ3) is 6.01. The summed E-state index contributed by atoms with van der Waals surface area (Å²) in [5.74, 6) is 0.309. The van der Waals surface area contributed by atoms with Gasteiger partial charge in [0, 0.05) is 19.5 Å². The van der Waals surface area contributed by atoms with Gasteiger partial charge >= 0.3 is 0 Å². The molecule has 0 unspecified atom stereocenters. The van der Waals surface area contributed by atoms with Crippen LogP contribution in [0.25, 0.3) is 0 Å². The van der Waals surface area contributed by atoms with Crippen LogP contribution in [0.15, 0.2) is 0 Å². The summed E-state index contributed by atoms with van der Waals surface area (Å²) >= 11 is 0. The van der Waals surface area contributed by atoms with Crippen LogP contribution in [-0.4, -0.2) is 23.9 Å². The van der Waals surface area contributed by atoms with E-state index in [-0.39, 0.29) is 0 Å². The summed E-state index contributed by atoms with van der Waals surface area (Å²) in [6.07, 6.45) is 5.79. The number of hydrogen-bond donors (Lipinski definition) is 0. The van der Waals surface area contributed by atoms with E-state index in [4.69, 9.17) is 0 Å². The molecule has 0 aliphatic rings. The number of carbonyl (C=O) groups excluding carboxylic acids is 1. The van der Waals surface area contributed by atoms with Crippen molar-refractivity contribution in [3.05, 3.63) is 6.92 Å². The smallest absolute Gasteiger partial charge is 0.222 e. The third-order valence-electron chi connectivity index (χ3n) is 2.27. The van der Waals surface area contributed by atoms with Crippen molar-refractivity contribution in [2.24, 2.45) is 0 Å². The molecule has 0 spiro atoms. The molecule has 0 bridgehead atoms. The number of rotatable bonds is 8. The highest BCUT2D eigenvalue weighted by Gasteiger charge is 2.10. The first-order valence-electron chi connectivity index (χ1n) is 5.83. The van der Waals surface area contributed by atoms with Gasteiger partial charge in [0.1, 0.15) is 0 Å². The van der Waals surface area contributed by atoms with E-state index in [9.17, 15) is 4.79 Å². The number of unbranched alkanes of at least 4 members (excludes halogenated alkanes) is 2. The van der Waals surface area contributed by atoms with Crippen LogP contribution in [-0.2, 0) is 4.79 Å². The molecule has 0 saturated heterocycles. The molecule has 0 aliphatic carbocycles. The van der Waals surface area contributed by atoms with Crippen LogP contribution >= 0.6 is 0 Å². The Morgan fingerprint density at radius 3 is 2.36 bits per heavy atom. The summed E-state index contributed by atoms with van der Waals surface area (Å²) in [6.45, 7) is 9.87. The van der Waals surface area contributed by atoms with Gasteiger partial charge in [-0.15, -0.1) is 0 Å². The standard InChI is InChI=1S/C12H24NO/c1-4-7-9-12(14)13(10-6-3)11-8-5-2/h1,4-11H2,2-3H3. The van der Waals surface area contributed by atoms with Gasteiger partial charge < -0.3 is 4.90 Å². The molecule has 0 rings (SSSR count). The highest BCUT2D eigenvalue weighted by molar-refractivity contribution is 5.76. The average molecular weight is 198 g/mol. The molecule has 0 aromatic carbocycles. The second kappa shape index (κ2) is 9.04. The van der Waals surface area contributed by atoms with Gasteiger partial charge in [0.15, 0.2) is 0 Å².